The zero-order chi connectivity index (χ0) is 14.5. The fourth-order valence-corrected chi connectivity index (χ4v) is 4.34. The van der Waals surface area contributed by atoms with E-state index in [1.54, 1.807) is 0 Å². The van der Waals surface area contributed by atoms with Crippen LogP contribution in [0.4, 0.5) is 0 Å². The van der Waals surface area contributed by atoms with Crippen LogP contribution in [-0.4, -0.2) is 36.1 Å². The summed E-state index contributed by atoms with van der Waals surface area (Å²) in [4.78, 5) is 0. The number of rotatable bonds is 7. The van der Waals surface area contributed by atoms with Crippen LogP contribution in [-0.2, 0) is 27.1 Å². The first-order chi connectivity index (χ1) is 8.81. The number of aryl methyl sites for hydroxylation is 1. The normalized spacial score (nSPS) is 15.1. The van der Waals surface area contributed by atoms with Crippen LogP contribution in [0.25, 0.3) is 0 Å². The van der Waals surface area contributed by atoms with Crippen molar-refractivity contribution >= 4 is 20.6 Å². The summed E-state index contributed by atoms with van der Waals surface area (Å²) in [5.74, 6) is 0.391. The van der Waals surface area contributed by atoms with E-state index in [0.29, 0.717) is 5.75 Å². The molecule has 2 N–H and O–H groups in total. The molecule has 1 aromatic carbocycles. The molecule has 0 bridgehead atoms. The molecule has 0 heterocycles. The molecule has 0 aliphatic carbocycles. The highest BCUT2D eigenvalue weighted by Crippen LogP contribution is 2.13. The van der Waals surface area contributed by atoms with Crippen molar-refractivity contribution < 1.29 is 12.6 Å². The maximum absolute atomic E-state index is 11.8. The van der Waals surface area contributed by atoms with E-state index in [-0.39, 0.29) is 17.5 Å². The van der Waals surface area contributed by atoms with Gasteiger partial charge in [0.2, 0.25) is 0 Å². The van der Waals surface area contributed by atoms with E-state index < -0.39 is 20.6 Å². The third kappa shape index (κ3) is 6.31. The van der Waals surface area contributed by atoms with Crippen LogP contribution in [0.1, 0.15) is 24.1 Å². The Balaban J connectivity index is 2.53. The van der Waals surface area contributed by atoms with Crippen LogP contribution >= 0.6 is 0 Å². The van der Waals surface area contributed by atoms with E-state index in [1.807, 2.05) is 24.3 Å². The van der Waals surface area contributed by atoms with E-state index in [4.69, 9.17) is 5.73 Å². The summed E-state index contributed by atoms with van der Waals surface area (Å²) in [5.41, 5.74) is 8.15. The number of benzene rings is 1. The lowest BCUT2D eigenvalue weighted by atomic mass is 10.1. The summed E-state index contributed by atoms with van der Waals surface area (Å²) in [6.07, 6.45) is 2.11. The molecule has 0 saturated carbocycles. The van der Waals surface area contributed by atoms with E-state index in [9.17, 15) is 12.6 Å². The molecule has 1 rings (SSSR count). The second kappa shape index (κ2) is 7.17. The van der Waals surface area contributed by atoms with Crippen LogP contribution in [0, 0.1) is 0 Å². The Morgan fingerprint density at radius 1 is 1.26 bits per heavy atom. The summed E-state index contributed by atoms with van der Waals surface area (Å²) >= 11 is 0. The van der Waals surface area contributed by atoms with E-state index >= 15 is 0 Å². The van der Waals surface area contributed by atoms with Crippen LogP contribution in [0.2, 0.25) is 0 Å². The molecule has 0 fully saturated rings. The lowest BCUT2D eigenvalue weighted by molar-refractivity contribution is 0.602. The molecule has 4 nitrogen and oxygen atoms in total. The molecule has 0 aromatic heterocycles. The summed E-state index contributed by atoms with van der Waals surface area (Å²) in [5, 5.41) is 0. The van der Waals surface area contributed by atoms with Crippen molar-refractivity contribution in [3.8, 4) is 0 Å². The van der Waals surface area contributed by atoms with Crippen molar-refractivity contribution in [1.82, 2.24) is 0 Å². The molecule has 2 atom stereocenters. The third-order valence-electron chi connectivity index (χ3n) is 2.86. The molecule has 19 heavy (non-hydrogen) atoms. The van der Waals surface area contributed by atoms with Gasteiger partial charge in [0.1, 0.15) is 9.84 Å². The van der Waals surface area contributed by atoms with Gasteiger partial charge in [-0.05, 0) is 17.5 Å². The Morgan fingerprint density at radius 3 is 2.32 bits per heavy atom. The zero-order valence-corrected chi connectivity index (χ0v) is 13.0. The van der Waals surface area contributed by atoms with Gasteiger partial charge in [-0.1, -0.05) is 31.2 Å². The second-order valence-corrected chi connectivity index (χ2v) is 8.52. The number of nitrogens with two attached hydrogens (primary N) is 1. The minimum atomic E-state index is -3.06. The summed E-state index contributed by atoms with van der Waals surface area (Å²) in [6.45, 7) is 2.08. The monoisotopic (exact) mass is 303 g/mol. The van der Waals surface area contributed by atoms with E-state index in [0.717, 1.165) is 18.2 Å². The molecule has 0 spiro atoms. The van der Waals surface area contributed by atoms with Gasteiger partial charge in [0.05, 0.1) is 5.75 Å². The molecule has 0 aliphatic heterocycles. The Labute approximate surface area is 117 Å². The molecule has 2 unspecified atom stereocenters. The van der Waals surface area contributed by atoms with Gasteiger partial charge in [0.15, 0.2) is 0 Å². The van der Waals surface area contributed by atoms with Crippen molar-refractivity contribution in [2.24, 2.45) is 5.73 Å². The molecular formula is C13H21NO3S2. The third-order valence-corrected chi connectivity index (χ3v) is 5.46. The van der Waals surface area contributed by atoms with E-state index in [2.05, 4.69) is 6.92 Å². The van der Waals surface area contributed by atoms with E-state index in [1.165, 1.54) is 5.56 Å². The van der Waals surface area contributed by atoms with Crippen LogP contribution in [0.5, 0.6) is 0 Å². The van der Waals surface area contributed by atoms with Crippen molar-refractivity contribution in [3.05, 3.63) is 35.4 Å². The lowest BCUT2D eigenvalue weighted by Crippen LogP contribution is -2.22. The topological polar surface area (TPSA) is 77.2 Å². The number of sulfone groups is 1. The Morgan fingerprint density at radius 2 is 1.84 bits per heavy atom. The highest BCUT2D eigenvalue weighted by Gasteiger charge is 2.12. The average Bonchev–Trinajstić information content (AvgIpc) is 2.35. The first-order valence-electron chi connectivity index (χ1n) is 6.19. The average molecular weight is 303 g/mol. The molecule has 108 valence electrons. The fraction of sp³-hybridized carbons (Fsp3) is 0.538. The van der Waals surface area contributed by atoms with Gasteiger partial charge in [-0.15, -0.1) is 0 Å². The fourth-order valence-electron chi connectivity index (χ4n) is 1.62. The summed E-state index contributed by atoms with van der Waals surface area (Å²) in [7, 11) is -4.27. The first-order valence-corrected chi connectivity index (χ1v) is 9.74. The Kier molecular flexibility index (Phi) is 6.16. The molecule has 0 aliphatic rings. The molecule has 1 aromatic rings. The van der Waals surface area contributed by atoms with Gasteiger partial charge < -0.3 is 5.73 Å². The predicted molar refractivity (Wildman–Crippen MR) is 80.3 cm³/mol. The van der Waals surface area contributed by atoms with Gasteiger partial charge >= 0.3 is 0 Å². The van der Waals surface area contributed by atoms with Crippen molar-refractivity contribution in [3.63, 3.8) is 0 Å². The van der Waals surface area contributed by atoms with Gasteiger partial charge in [-0.2, -0.15) is 0 Å². The van der Waals surface area contributed by atoms with Gasteiger partial charge in [-0.25, -0.2) is 8.42 Å². The Bertz CT molecular complexity index is 523. The van der Waals surface area contributed by atoms with Crippen molar-refractivity contribution in [2.45, 2.75) is 19.4 Å². The minimum Gasteiger partial charge on any atom is -0.323 e. The second-order valence-electron chi connectivity index (χ2n) is 4.64. The molecule has 6 heteroatoms. The van der Waals surface area contributed by atoms with Crippen molar-refractivity contribution in [1.29, 1.82) is 0 Å². The van der Waals surface area contributed by atoms with Gasteiger partial charge in [0.25, 0.3) is 0 Å². The molecular weight excluding hydrogens is 282 g/mol. The van der Waals surface area contributed by atoms with Gasteiger partial charge in [0, 0.05) is 34.6 Å². The highest BCUT2D eigenvalue weighted by atomic mass is 32.2. The molecule has 0 amide bonds. The minimum absolute atomic E-state index is 0.0545. The summed E-state index contributed by atoms with van der Waals surface area (Å²) in [6, 6.07) is 7.59. The van der Waals surface area contributed by atoms with Crippen molar-refractivity contribution in [2.75, 3.05) is 23.5 Å². The van der Waals surface area contributed by atoms with Crippen LogP contribution in [0.3, 0.4) is 0 Å². The quantitative estimate of drug-likeness (QED) is 0.816. The maximum Gasteiger partial charge on any atom is 0.148 e. The number of hydrogen-bond donors (Lipinski definition) is 1. The smallest absolute Gasteiger partial charge is 0.148 e. The standard InChI is InChI=1S/C13H21NO3S2/c1-3-11-4-6-12(7-5-11)13(14)10-18(15)8-9-19(2,16)17/h4-7,13H,3,8-10,14H2,1-2H3. The SMILES string of the molecule is CCc1ccc(C(N)CS(=O)CCS(C)(=O)=O)cc1. The predicted octanol–water partition coefficient (Wildman–Crippen LogP) is 1.04. The van der Waals surface area contributed by atoms with Gasteiger partial charge in [-0.3, -0.25) is 4.21 Å². The lowest BCUT2D eigenvalue weighted by Gasteiger charge is -2.12. The van der Waals surface area contributed by atoms with Crippen LogP contribution < -0.4 is 5.73 Å². The molecule has 0 radical (unpaired) electrons. The number of hydrogen-bond acceptors (Lipinski definition) is 4. The highest BCUT2D eigenvalue weighted by molar-refractivity contribution is 7.92. The summed E-state index contributed by atoms with van der Waals surface area (Å²) < 4.78 is 33.8. The first kappa shape index (κ1) is 16.3. The zero-order valence-electron chi connectivity index (χ0n) is 11.3. The van der Waals surface area contributed by atoms with Crippen LogP contribution in [0.15, 0.2) is 24.3 Å². The maximum atomic E-state index is 11.8. The molecule has 0 saturated heterocycles. The Hall–Kier alpha value is -0.720. The largest absolute Gasteiger partial charge is 0.323 e.